The zero-order valence-electron chi connectivity index (χ0n) is 11.8. The maximum atomic E-state index is 11.9. The van der Waals surface area contributed by atoms with E-state index in [1.807, 2.05) is 12.1 Å². The Labute approximate surface area is 125 Å². The third-order valence-corrected chi connectivity index (χ3v) is 3.74. The van der Waals surface area contributed by atoms with Crippen LogP contribution in [0, 0.1) is 0 Å². The summed E-state index contributed by atoms with van der Waals surface area (Å²) in [5, 5.41) is 6.99. The molecule has 3 N–H and O–H groups in total. The highest BCUT2D eigenvalue weighted by atomic mass is 32.2. The fourth-order valence-electron chi connectivity index (χ4n) is 1.78. The molecule has 1 atom stereocenters. The summed E-state index contributed by atoms with van der Waals surface area (Å²) >= 11 is 0. The standard InChI is InChI=1S/C14H18N4O2S/c1-21(20)10-2-8-16-14(19)13-7-9-18(17-13)12-5-3-11(15)4-6-12/h3-7,9H,2,8,10,15H2,1H3,(H,16,19). The number of anilines is 1. The van der Waals surface area contributed by atoms with Crippen molar-refractivity contribution in [2.45, 2.75) is 6.42 Å². The van der Waals surface area contributed by atoms with E-state index >= 15 is 0 Å². The van der Waals surface area contributed by atoms with Gasteiger partial charge in [0.15, 0.2) is 5.69 Å². The van der Waals surface area contributed by atoms with Gasteiger partial charge in [0.25, 0.3) is 5.91 Å². The highest BCUT2D eigenvalue weighted by Gasteiger charge is 2.09. The number of nitrogen functional groups attached to an aromatic ring is 1. The Bertz CT molecular complexity index is 637. The van der Waals surface area contributed by atoms with E-state index in [-0.39, 0.29) is 5.91 Å². The van der Waals surface area contributed by atoms with Crippen molar-refractivity contribution >= 4 is 22.4 Å². The minimum atomic E-state index is -0.829. The molecule has 7 heteroatoms. The Morgan fingerprint density at radius 2 is 2.05 bits per heavy atom. The lowest BCUT2D eigenvalue weighted by Gasteiger charge is -2.03. The van der Waals surface area contributed by atoms with E-state index in [0.29, 0.717) is 30.1 Å². The van der Waals surface area contributed by atoms with Crippen LogP contribution >= 0.6 is 0 Å². The summed E-state index contributed by atoms with van der Waals surface area (Å²) in [6.07, 6.45) is 4.06. The van der Waals surface area contributed by atoms with Gasteiger partial charge < -0.3 is 11.1 Å². The quantitative estimate of drug-likeness (QED) is 0.614. The molecule has 1 amide bonds. The topological polar surface area (TPSA) is 90.0 Å². The van der Waals surface area contributed by atoms with E-state index < -0.39 is 10.8 Å². The Morgan fingerprint density at radius 3 is 2.71 bits per heavy atom. The lowest BCUT2D eigenvalue weighted by molar-refractivity contribution is 0.0948. The van der Waals surface area contributed by atoms with Crippen LogP contribution in [0.5, 0.6) is 0 Å². The van der Waals surface area contributed by atoms with Crippen molar-refractivity contribution in [1.29, 1.82) is 0 Å². The molecule has 112 valence electrons. The first-order chi connectivity index (χ1) is 10.1. The van der Waals surface area contributed by atoms with Crippen molar-refractivity contribution in [2.75, 3.05) is 24.3 Å². The number of nitrogens with one attached hydrogen (secondary N) is 1. The fraction of sp³-hybridized carbons (Fsp3) is 0.286. The summed E-state index contributed by atoms with van der Waals surface area (Å²) in [6.45, 7) is 0.493. The molecule has 0 aliphatic rings. The molecule has 0 aliphatic carbocycles. The average molecular weight is 306 g/mol. The number of hydrogen-bond donors (Lipinski definition) is 2. The Morgan fingerprint density at radius 1 is 1.33 bits per heavy atom. The summed E-state index contributed by atoms with van der Waals surface area (Å²) < 4.78 is 12.5. The highest BCUT2D eigenvalue weighted by molar-refractivity contribution is 7.84. The molecule has 0 saturated heterocycles. The largest absolute Gasteiger partial charge is 0.399 e. The van der Waals surface area contributed by atoms with E-state index in [4.69, 9.17) is 5.73 Å². The number of hydrogen-bond acceptors (Lipinski definition) is 4. The predicted molar refractivity (Wildman–Crippen MR) is 83.9 cm³/mol. The van der Waals surface area contributed by atoms with Gasteiger partial charge in [-0.15, -0.1) is 0 Å². The van der Waals surface area contributed by atoms with E-state index in [1.54, 1.807) is 35.3 Å². The summed E-state index contributed by atoms with van der Waals surface area (Å²) in [4.78, 5) is 11.9. The molecule has 0 saturated carbocycles. The SMILES string of the molecule is CS(=O)CCCNC(=O)c1ccn(-c2ccc(N)cc2)n1. The van der Waals surface area contributed by atoms with Crippen LogP contribution in [0.2, 0.25) is 0 Å². The van der Waals surface area contributed by atoms with Gasteiger partial charge in [-0.1, -0.05) is 0 Å². The minimum absolute atomic E-state index is 0.230. The van der Waals surface area contributed by atoms with Gasteiger partial charge in [-0.05, 0) is 36.8 Å². The van der Waals surface area contributed by atoms with Crippen molar-refractivity contribution < 1.29 is 9.00 Å². The molecule has 0 aliphatic heterocycles. The van der Waals surface area contributed by atoms with Gasteiger partial charge in [0.2, 0.25) is 0 Å². The van der Waals surface area contributed by atoms with Crippen LogP contribution in [-0.4, -0.2) is 38.4 Å². The second-order valence-corrected chi connectivity index (χ2v) is 6.18. The number of carbonyl (C=O) groups excluding carboxylic acids is 1. The summed E-state index contributed by atoms with van der Waals surface area (Å²) in [5.74, 6) is 0.353. The van der Waals surface area contributed by atoms with Crippen LogP contribution in [0.4, 0.5) is 5.69 Å². The minimum Gasteiger partial charge on any atom is -0.399 e. The van der Waals surface area contributed by atoms with E-state index in [9.17, 15) is 9.00 Å². The number of nitrogens with two attached hydrogens (primary N) is 1. The van der Waals surface area contributed by atoms with Gasteiger partial charge in [-0.25, -0.2) is 4.68 Å². The van der Waals surface area contributed by atoms with Crippen molar-refractivity contribution in [3.63, 3.8) is 0 Å². The second-order valence-electron chi connectivity index (χ2n) is 4.62. The average Bonchev–Trinajstić information content (AvgIpc) is 2.94. The number of nitrogens with zero attached hydrogens (tertiary/aromatic N) is 2. The van der Waals surface area contributed by atoms with Crippen LogP contribution in [0.25, 0.3) is 5.69 Å². The maximum absolute atomic E-state index is 11.9. The van der Waals surface area contributed by atoms with E-state index in [1.165, 1.54) is 0 Å². The second kappa shape index (κ2) is 7.03. The number of carbonyl (C=O) groups is 1. The number of rotatable bonds is 6. The normalized spacial score (nSPS) is 12.0. The molecular formula is C14H18N4O2S. The number of benzene rings is 1. The molecule has 1 heterocycles. The van der Waals surface area contributed by atoms with Crippen LogP contribution in [0.1, 0.15) is 16.9 Å². The molecule has 6 nitrogen and oxygen atoms in total. The van der Waals surface area contributed by atoms with E-state index in [2.05, 4.69) is 10.4 Å². The molecule has 1 aromatic carbocycles. The zero-order valence-corrected chi connectivity index (χ0v) is 12.6. The molecular weight excluding hydrogens is 288 g/mol. The van der Waals surface area contributed by atoms with Crippen LogP contribution in [0.15, 0.2) is 36.5 Å². The van der Waals surface area contributed by atoms with Gasteiger partial charge in [0, 0.05) is 41.2 Å². The zero-order chi connectivity index (χ0) is 15.2. The lowest BCUT2D eigenvalue weighted by Crippen LogP contribution is -2.25. The fourth-order valence-corrected chi connectivity index (χ4v) is 2.33. The number of amides is 1. The van der Waals surface area contributed by atoms with Crippen molar-refractivity contribution in [1.82, 2.24) is 15.1 Å². The molecule has 2 rings (SSSR count). The summed E-state index contributed by atoms with van der Waals surface area (Å²) in [7, 11) is -0.829. The van der Waals surface area contributed by atoms with Crippen molar-refractivity contribution in [2.24, 2.45) is 0 Å². The van der Waals surface area contributed by atoms with Gasteiger partial charge in [-0.2, -0.15) is 5.10 Å². The third-order valence-electron chi connectivity index (χ3n) is 2.87. The van der Waals surface area contributed by atoms with Gasteiger partial charge in [-0.3, -0.25) is 9.00 Å². The first-order valence-corrected chi connectivity index (χ1v) is 8.29. The van der Waals surface area contributed by atoms with Gasteiger partial charge >= 0.3 is 0 Å². The molecule has 0 spiro atoms. The molecule has 21 heavy (non-hydrogen) atoms. The smallest absolute Gasteiger partial charge is 0.271 e. The highest BCUT2D eigenvalue weighted by Crippen LogP contribution is 2.10. The molecule has 2 aromatic rings. The lowest BCUT2D eigenvalue weighted by atomic mass is 10.3. The summed E-state index contributed by atoms with van der Waals surface area (Å²) in [5.41, 5.74) is 7.50. The Balaban J connectivity index is 1.94. The van der Waals surface area contributed by atoms with Crippen molar-refractivity contribution in [3.8, 4) is 5.69 Å². The number of aromatic nitrogens is 2. The van der Waals surface area contributed by atoms with Crippen LogP contribution in [0.3, 0.4) is 0 Å². The molecule has 0 fully saturated rings. The predicted octanol–water partition coefficient (Wildman–Crippen LogP) is 0.953. The van der Waals surface area contributed by atoms with Crippen molar-refractivity contribution in [3.05, 3.63) is 42.2 Å². The van der Waals surface area contributed by atoms with Gasteiger partial charge in [0.05, 0.1) is 5.69 Å². The summed E-state index contributed by atoms with van der Waals surface area (Å²) in [6, 6.07) is 8.88. The van der Waals surface area contributed by atoms with E-state index in [0.717, 1.165) is 5.69 Å². The van der Waals surface area contributed by atoms with Crippen LogP contribution in [-0.2, 0) is 10.8 Å². The molecule has 0 bridgehead atoms. The Hall–Kier alpha value is -2.15. The molecule has 1 aromatic heterocycles. The first kappa shape index (κ1) is 15.2. The van der Waals surface area contributed by atoms with Gasteiger partial charge in [0.1, 0.15) is 0 Å². The maximum Gasteiger partial charge on any atom is 0.271 e. The first-order valence-electron chi connectivity index (χ1n) is 6.56. The Kier molecular flexibility index (Phi) is 5.10. The third kappa shape index (κ3) is 4.42. The van der Waals surface area contributed by atoms with Crippen LogP contribution < -0.4 is 11.1 Å². The molecule has 1 unspecified atom stereocenters. The molecule has 0 radical (unpaired) electrons. The monoisotopic (exact) mass is 306 g/mol.